The first-order valence-electron chi connectivity index (χ1n) is 10.3. The Labute approximate surface area is 176 Å². The molecule has 1 saturated heterocycles. The maximum atomic E-state index is 6.66. The van der Waals surface area contributed by atoms with Crippen LogP contribution in [0.15, 0.2) is 72.8 Å². The molecule has 0 amide bonds. The number of hydrogen-bond donors (Lipinski definition) is 1. The third kappa shape index (κ3) is 3.88. The van der Waals surface area contributed by atoms with E-state index in [1.54, 1.807) is 0 Å². The van der Waals surface area contributed by atoms with Crippen molar-refractivity contribution in [2.75, 3.05) is 18.0 Å². The number of nitrogens with one attached hydrogen (secondary N) is 1. The number of aromatic amines is 1. The molecule has 146 valence electrons. The number of H-pyrrole nitrogens is 1. The van der Waals surface area contributed by atoms with Gasteiger partial charge in [-0.05, 0) is 61.1 Å². The largest absolute Gasteiger partial charge is 0.371 e. The summed E-state index contributed by atoms with van der Waals surface area (Å²) in [6, 6.07) is 25.2. The van der Waals surface area contributed by atoms with Crippen LogP contribution in [0.1, 0.15) is 18.4 Å². The summed E-state index contributed by atoms with van der Waals surface area (Å²) in [7, 11) is 0. The van der Waals surface area contributed by atoms with Crippen molar-refractivity contribution < 1.29 is 0 Å². The van der Waals surface area contributed by atoms with Crippen LogP contribution in [0.25, 0.3) is 22.4 Å². The Morgan fingerprint density at radius 1 is 0.931 bits per heavy atom. The SMILES string of the molecule is Clc1cc(N2CCC(Cc3ccccc3)CC2)ccc1-c1nc2ccccc2[nH]1. The van der Waals surface area contributed by atoms with Gasteiger partial charge >= 0.3 is 0 Å². The van der Waals surface area contributed by atoms with E-state index in [1.807, 2.05) is 24.3 Å². The van der Waals surface area contributed by atoms with E-state index in [0.29, 0.717) is 0 Å². The van der Waals surface area contributed by atoms with E-state index in [4.69, 9.17) is 11.6 Å². The number of nitrogens with zero attached hydrogens (tertiary/aromatic N) is 2. The minimum atomic E-state index is 0.743. The Bertz CT molecular complexity index is 1080. The van der Waals surface area contributed by atoms with Crippen LogP contribution in [0.3, 0.4) is 0 Å². The lowest BCUT2D eigenvalue weighted by Gasteiger charge is -2.34. The predicted molar refractivity (Wildman–Crippen MR) is 122 cm³/mol. The molecular formula is C25H24ClN3. The van der Waals surface area contributed by atoms with Gasteiger partial charge < -0.3 is 9.88 Å². The van der Waals surface area contributed by atoms with Gasteiger partial charge in [0.05, 0.1) is 16.1 Å². The van der Waals surface area contributed by atoms with Crippen molar-refractivity contribution in [3.05, 3.63) is 83.4 Å². The van der Waals surface area contributed by atoms with Gasteiger partial charge in [-0.1, -0.05) is 54.1 Å². The van der Waals surface area contributed by atoms with Gasteiger partial charge in [0, 0.05) is 24.3 Å². The minimum Gasteiger partial charge on any atom is -0.371 e. The summed E-state index contributed by atoms with van der Waals surface area (Å²) in [6.07, 6.45) is 3.62. The van der Waals surface area contributed by atoms with Crippen LogP contribution in [0.2, 0.25) is 5.02 Å². The standard InChI is InChI=1S/C25H24ClN3/c26-22-17-20(10-11-21(22)25-27-23-8-4-5-9-24(23)28-25)29-14-12-19(13-15-29)16-18-6-2-1-3-7-18/h1-11,17,19H,12-16H2,(H,27,28). The zero-order chi connectivity index (χ0) is 19.6. The molecule has 1 aromatic heterocycles. The van der Waals surface area contributed by atoms with Crippen LogP contribution in [0.4, 0.5) is 5.69 Å². The number of halogens is 1. The molecule has 3 nitrogen and oxygen atoms in total. The van der Waals surface area contributed by atoms with Crippen molar-refractivity contribution in [1.82, 2.24) is 9.97 Å². The summed E-state index contributed by atoms with van der Waals surface area (Å²) in [5.41, 5.74) is 5.59. The van der Waals surface area contributed by atoms with Crippen LogP contribution < -0.4 is 4.90 Å². The number of hydrogen-bond acceptors (Lipinski definition) is 2. The fourth-order valence-electron chi connectivity index (χ4n) is 4.32. The van der Waals surface area contributed by atoms with Crippen molar-refractivity contribution >= 4 is 28.3 Å². The fraction of sp³-hybridized carbons (Fsp3) is 0.240. The second-order valence-electron chi connectivity index (χ2n) is 7.89. The third-order valence-corrected chi connectivity index (χ3v) is 6.26. The minimum absolute atomic E-state index is 0.743. The molecule has 4 aromatic rings. The second-order valence-corrected chi connectivity index (χ2v) is 8.29. The average Bonchev–Trinajstić information content (AvgIpc) is 3.19. The van der Waals surface area contributed by atoms with E-state index in [0.717, 1.165) is 46.5 Å². The molecule has 5 rings (SSSR count). The second kappa shape index (κ2) is 7.92. The molecule has 3 aromatic carbocycles. The molecule has 1 aliphatic rings. The van der Waals surface area contributed by atoms with Gasteiger partial charge in [-0.3, -0.25) is 0 Å². The highest BCUT2D eigenvalue weighted by molar-refractivity contribution is 6.33. The maximum absolute atomic E-state index is 6.66. The first kappa shape index (κ1) is 18.3. The Morgan fingerprint density at radius 2 is 1.69 bits per heavy atom. The zero-order valence-corrected chi connectivity index (χ0v) is 17.1. The number of anilines is 1. The monoisotopic (exact) mass is 401 g/mol. The van der Waals surface area contributed by atoms with E-state index < -0.39 is 0 Å². The molecule has 4 heteroatoms. The van der Waals surface area contributed by atoms with Crippen molar-refractivity contribution in [2.24, 2.45) is 5.92 Å². The Balaban J connectivity index is 1.28. The number of piperidine rings is 1. The van der Waals surface area contributed by atoms with Gasteiger partial charge in [0.2, 0.25) is 0 Å². The van der Waals surface area contributed by atoms with E-state index in [-0.39, 0.29) is 0 Å². The van der Waals surface area contributed by atoms with E-state index >= 15 is 0 Å². The molecule has 0 saturated carbocycles. The molecule has 0 unspecified atom stereocenters. The van der Waals surface area contributed by atoms with Crippen LogP contribution in [-0.4, -0.2) is 23.1 Å². The van der Waals surface area contributed by atoms with Gasteiger partial charge in [-0.25, -0.2) is 4.98 Å². The van der Waals surface area contributed by atoms with Crippen LogP contribution in [-0.2, 0) is 6.42 Å². The van der Waals surface area contributed by atoms with Crippen LogP contribution in [0.5, 0.6) is 0 Å². The molecule has 29 heavy (non-hydrogen) atoms. The summed E-state index contributed by atoms with van der Waals surface area (Å²) in [4.78, 5) is 10.5. The lowest BCUT2D eigenvalue weighted by Crippen LogP contribution is -2.34. The molecule has 2 heterocycles. The number of fused-ring (bicyclic) bond motifs is 1. The Hall–Kier alpha value is -2.78. The number of imidazole rings is 1. The highest BCUT2D eigenvalue weighted by atomic mass is 35.5. The fourth-order valence-corrected chi connectivity index (χ4v) is 4.58. The van der Waals surface area contributed by atoms with Crippen molar-refractivity contribution in [2.45, 2.75) is 19.3 Å². The smallest absolute Gasteiger partial charge is 0.139 e. The Kier molecular flexibility index (Phi) is 4.99. The summed E-state index contributed by atoms with van der Waals surface area (Å²) < 4.78 is 0. The topological polar surface area (TPSA) is 31.9 Å². The van der Waals surface area contributed by atoms with Gasteiger partial charge in [-0.2, -0.15) is 0 Å². The van der Waals surface area contributed by atoms with E-state index in [2.05, 4.69) is 63.4 Å². The Morgan fingerprint density at radius 3 is 2.45 bits per heavy atom. The molecule has 0 atom stereocenters. The molecule has 0 bridgehead atoms. The molecule has 0 aliphatic carbocycles. The number of rotatable bonds is 4. The van der Waals surface area contributed by atoms with Gasteiger partial charge in [0.25, 0.3) is 0 Å². The lowest BCUT2D eigenvalue weighted by atomic mass is 9.90. The summed E-state index contributed by atoms with van der Waals surface area (Å²) in [5, 5.41) is 0.743. The normalized spacial score (nSPS) is 15.1. The molecule has 1 N–H and O–H groups in total. The number of benzene rings is 3. The van der Waals surface area contributed by atoms with Gasteiger partial charge in [0.1, 0.15) is 5.82 Å². The highest BCUT2D eigenvalue weighted by Gasteiger charge is 2.20. The molecule has 1 aliphatic heterocycles. The maximum Gasteiger partial charge on any atom is 0.139 e. The summed E-state index contributed by atoms with van der Waals surface area (Å²) >= 11 is 6.66. The number of aromatic nitrogens is 2. The van der Waals surface area contributed by atoms with Crippen molar-refractivity contribution in [1.29, 1.82) is 0 Å². The summed E-state index contributed by atoms with van der Waals surface area (Å²) in [6.45, 7) is 2.16. The van der Waals surface area contributed by atoms with Crippen molar-refractivity contribution in [3.63, 3.8) is 0 Å². The summed E-state index contributed by atoms with van der Waals surface area (Å²) in [5.74, 6) is 1.59. The molecule has 0 spiro atoms. The first-order chi connectivity index (χ1) is 14.3. The van der Waals surface area contributed by atoms with E-state index in [1.165, 1.54) is 30.5 Å². The average molecular weight is 402 g/mol. The first-order valence-corrected chi connectivity index (χ1v) is 10.7. The van der Waals surface area contributed by atoms with Crippen molar-refractivity contribution in [3.8, 4) is 11.4 Å². The van der Waals surface area contributed by atoms with Crippen LogP contribution in [0, 0.1) is 5.92 Å². The lowest BCUT2D eigenvalue weighted by molar-refractivity contribution is 0.404. The van der Waals surface area contributed by atoms with Crippen LogP contribution >= 0.6 is 11.6 Å². The highest BCUT2D eigenvalue weighted by Crippen LogP contribution is 2.33. The van der Waals surface area contributed by atoms with Gasteiger partial charge in [-0.15, -0.1) is 0 Å². The molecule has 1 fully saturated rings. The van der Waals surface area contributed by atoms with Gasteiger partial charge in [0.15, 0.2) is 0 Å². The van der Waals surface area contributed by atoms with E-state index in [9.17, 15) is 0 Å². The quantitative estimate of drug-likeness (QED) is 0.432. The zero-order valence-electron chi connectivity index (χ0n) is 16.3. The predicted octanol–water partition coefficient (Wildman–Crippen LogP) is 6.34. The third-order valence-electron chi connectivity index (χ3n) is 5.94. The number of para-hydroxylation sites is 2. The molecule has 0 radical (unpaired) electrons. The molecular weight excluding hydrogens is 378 g/mol.